The highest BCUT2D eigenvalue weighted by Crippen LogP contribution is 2.46. The van der Waals surface area contributed by atoms with E-state index >= 15 is 0 Å². The molecule has 2 rings (SSSR count). The van der Waals surface area contributed by atoms with Gasteiger partial charge in [0.05, 0.1) is 6.61 Å². The number of hydrogen-bond donors (Lipinski definition) is 0. The van der Waals surface area contributed by atoms with Gasteiger partial charge in [-0.2, -0.15) is 0 Å². The minimum absolute atomic E-state index is 0.390. The predicted molar refractivity (Wildman–Crippen MR) is 60.0 cm³/mol. The van der Waals surface area contributed by atoms with E-state index in [1.165, 1.54) is 12.8 Å². The van der Waals surface area contributed by atoms with Gasteiger partial charge in [0.15, 0.2) is 0 Å². The molecule has 0 unspecified atom stereocenters. The lowest BCUT2D eigenvalue weighted by atomic mass is 10.1. The zero-order valence-corrected chi connectivity index (χ0v) is 9.44. The Bertz CT molecular complexity index is 307. The first kappa shape index (κ1) is 10.4. The summed E-state index contributed by atoms with van der Waals surface area (Å²) in [5.41, 5.74) is 0.390. The number of nitrogens with zero attached hydrogens (tertiary/aromatic N) is 2. The number of hydrogen-bond acceptors (Lipinski definition) is 3. The van der Waals surface area contributed by atoms with E-state index in [1.54, 1.807) is 6.20 Å². The smallest absolute Gasteiger partial charge is 0.213 e. The summed E-state index contributed by atoms with van der Waals surface area (Å²) in [6.07, 6.45) is 4.32. The van der Waals surface area contributed by atoms with Gasteiger partial charge in [0.25, 0.3) is 0 Å². The van der Waals surface area contributed by atoms with Crippen molar-refractivity contribution in [3.63, 3.8) is 0 Å². The monoisotopic (exact) mass is 206 g/mol. The first-order valence-electron chi connectivity index (χ1n) is 5.39. The van der Waals surface area contributed by atoms with Crippen LogP contribution in [-0.4, -0.2) is 37.1 Å². The van der Waals surface area contributed by atoms with Crippen LogP contribution in [0.1, 0.15) is 12.8 Å². The molecule has 0 aliphatic heterocycles. The average Bonchev–Trinajstić information content (AvgIpc) is 2.96. The second-order valence-corrected chi connectivity index (χ2v) is 4.69. The molecule has 15 heavy (non-hydrogen) atoms. The molecule has 3 nitrogen and oxygen atoms in total. The zero-order valence-electron chi connectivity index (χ0n) is 9.44. The Morgan fingerprint density at radius 2 is 2.20 bits per heavy atom. The summed E-state index contributed by atoms with van der Waals surface area (Å²) < 4.78 is 5.70. The van der Waals surface area contributed by atoms with Gasteiger partial charge in [0, 0.05) is 24.2 Å². The summed E-state index contributed by atoms with van der Waals surface area (Å²) in [6, 6.07) is 5.76. The minimum Gasteiger partial charge on any atom is -0.477 e. The second-order valence-electron chi connectivity index (χ2n) is 4.69. The van der Waals surface area contributed by atoms with Gasteiger partial charge >= 0.3 is 0 Å². The van der Waals surface area contributed by atoms with E-state index < -0.39 is 0 Å². The normalized spacial score (nSPS) is 17.8. The molecule has 0 spiro atoms. The van der Waals surface area contributed by atoms with Crippen LogP contribution in [-0.2, 0) is 0 Å². The third kappa shape index (κ3) is 2.93. The molecule has 3 heteroatoms. The van der Waals surface area contributed by atoms with Gasteiger partial charge in [0.1, 0.15) is 0 Å². The SMILES string of the molecule is CN(C)CC1(COc2ccccn2)CC1. The Morgan fingerprint density at radius 3 is 2.73 bits per heavy atom. The van der Waals surface area contributed by atoms with Gasteiger partial charge in [-0.25, -0.2) is 4.98 Å². The molecule has 1 aliphatic carbocycles. The highest BCUT2D eigenvalue weighted by atomic mass is 16.5. The van der Waals surface area contributed by atoms with E-state index in [4.69, 9.17) is 4.74 Å². The number of pyridine rings is 1. The summed E-state index contributed by atoms with van der Waals surface area (Å²) in [6.45, 7) is 1.90. The standard InChI is InChI=1S/C12H18N2O/c1-14(2)9-12(6-7-12)10-15-11-5-3-4-8-13-11/h3-5,8H,6-7,9-10H2,1-2H3. The van der Waals surface area contributed by atoms with E-state index in [-0.39, 0.29) is 0 Å². The third-order valence-corrected chi connectivity index (χ3v) is 2.77. The zero-order chi connectivity index (χ0) is 10.7. The highest BCUT2D eigenvalue weighted by Gasteiger charge is 2.43. The van der Waals surface area contributed by atoms with Gasteiger partial charge in [-0.15, -0.1) is 0 Å². The fraction of sp³-hybridized carbons (Fsp3) is 0.583. The molecular weight excluding hydrogens is 188 g/mol. The summed E-state index contributed by atoms with van der Waals surface area (Å²) in [5, 5.41) is 0. The first-order valence-corrected chi connectivity index (χ1v) is 5.39. The van der Waals surface area contributed by atoms with Crippen LogP contribution in [0.25, 0.3) is 0 Å². The van der Waals surface area contributed by atoms with Crippen LogP contribution in [0.4, 0.5) is 0 Å². The maximum atomic E-state index is 5.70. The van der Waals surface area contributed by atoms with Crippen LogP contribution in [0.5, 0.6) is 5.88 Å². The number of ether oxygens (including phenoxy) is 1. The van der Waals surface area contributed by atoms with Crippen molar-refractivity contribution in [2.24, 2.45) is 5.41 Å². The molecule has 1 aliphatic rings. The van der Waals surface area contributed by atoms with Crippen molar-refractivity contribution in [1.82, 2.24) is 9.88 Å². The maximum absolute atomic E-state index is 5.70. The molecular formula is C12H18N2O. The first-order chi connectivity index (χ1) is 7.20. The van der Waals surface area contributed by atoms with Gasteiger partial charge < -0.3 is 9.64 Å². The topological polar surface area (TPSA) is 25.4 Å². The van der Waals surface area contributed by atoms with E-state index in [0.717, 1.165) is 19.0 Å². The van der Waals surface area contributed by atoms with Crippen molar-refractivity contribution in [3.05, 3.63) is 24.4 Å². The lowest BCUT2D eigenvalue weighted by Crippen LogP contribution is -2.27. The van der Waals surface area contributed by atoms with Crippen molar-refractivity contribution in [2.45, 2.75) is 12.8 Å². The number of rotatable bonds is 5. The number of aromatic nitrogens is 1. The molecule has 1 saturated carbocycles. The van der Waals surface area contributed by atoms with Gasteiger partial charge in [-0.1, -0.05) is 6.07 Å². The Balaban J connectivity index is 1.83. The van der Waals surface area contributed by atoms with Crippen molar-refractivity contribution < 1.29 is 4.74 Å². The lowest BCUT2D eigenvalue weighted by Gasteiger charge is -2.19. The van der Waals surface area contributed by atoms with Gasteiger partial charge in [-0.05, 0) is 33.0 Å². The fourth-order valence-corrected chi connectivity index (χ4v) is 1.86. The molecule has 1 aromatic heterocycles. The summed E-state index contributed by atoms with van der Waals surface area (Å²) in [7, 11) is 4.22. The average molecular weight is 206 g/mol. The van der Waals surface area contributed by atoms with E-state index in [2.05, 4.69) is 24.0 Å². The minimum atomic E-state index is 0.390. The second kappa shape index (κ2) is 4.19. The molecule has 0 amide bonds. The molecule has 0 bridgehead atoms. The van der Waals surface area contributed by atoms with Crippen LogP contribution in [0.3, 0.4) is 0 Å². The third-order valence-electron chi connectivity index (χ3n) is 2.77. The summed E-state index contributed by atoms with van der Waals surface area (Å²) in [5.74, 6) is 0.738. The Kier molecular flexibility index (Phi) is 2.91. The molecule has 1 fully saturated rings. The highest BCUT2D eigenvalue weighted by molar-refractivity contribution is 5.10. The van der Waals surface area contributed by atoms with Crippen LogP contribution in [0.15, 0.2) is 24.4 Å². The molecule has 0 N–H and O–H groups in total. The van der Waals surface area contributed by atoms with Crippen LogP contribution in [0, 0.1) is 5.41 Å². The molecule has 0 aromatic carbocycles. The molecule has 0 atom stereocenters. The molecule has 1 heterocycles. The van der Waals surface area contributed by atoms with Gasteiger partial charge in [-0.3, -0.25) is 0 Å². The molecule has 0 saturated heterocycles. The lowest BCUT2D eigenvalue weighted by molar-refractivity contribution is 0.189. The Morgan fingerprint density at radius 1 is 1.40 bits per heavy atom. The van der Waals surface area contributed by atoms with Crippen molar-refractivity contribution >= 4 is 0 Å². The van der Waals surface area contributed by atoms with Gasteiger partial charge in [0.2, 0.25) is 5.88 Å². The van der Waals surface area contributed by atoms with Crippen molar-refractivity contribution in [3.8, 4) is 5.88 Å². The van der Waals surface area contributed by atoms with Crippen molar-refractivity contribution in [1.29, 1.82) is 0 Å². The quantitative estimate of drug-likeness (QED) is 0.734. The maximum Gasteiger partial charge on any atom is 0.213 e. The molecule has 1 aromatic rings. The van der Waals surface area contributed by atoms with Crippen LogP contribution >= 0.6 is 0 Å². The van der Waals surface area contributed by atoms with E-state index in [0.29, 0.717) is 5.41 Å². The predicted octanol–water partition coefficient (Wildman–Crippen LogP) is 1.80. The van der Waals surface area contributed by atoms with E-state index in [1.807, 2.05) is 18.2 Å². The van der Waals surface area contributed by atoms with Crippen LogP contribution in [0.2, 0.25) is 0 Å². The van der Waals surface area contributed by atoms with Crippen molar-refractivity contribution in [2.75, 3.05) is 27.2 Å². The largest absolute Gasteiger partial charge is 0.477 e. The van der Waals surface area contributed by atoms with E-state index in [9.17, 15) is 0 Å². The Hall–Kier alpha value is -1.09. The fourth-order valence-electron chi connectivity index (χ4n) is 1.86. The summed E-state index contributed by atoms with van der Waals surface area (Å²) >= 11 is 0. The van der Waals surface area contributed by atoms with Crippen LogP contribution < -0.4 is 4.74 Å². The Labute approximate surface area is 91.1 Å². The molecule has 82 valence electrons. The molecule has 0 radical (unpaired) electrons. The summed E-state index contributed by atoms with van der Waals surface area (Å²) in [4.78, 5) is 6.38.